The van der Waals surface area contributed by atoms with Crippen molar-refractivity contribution in [2.24, 2.45) is 0 Å². The Morgan fingerprint density at radius 3 is 1.83 bits per heavy atom. The Balaban J connectivity index is 0. The second-order valence-corrected chi connectivity index (χ2v) is 7.53. The summed E-state index contributed by atoms with van der Waals surface area (Å²) in [5, 5.41) is 9.09. The van der Waals surface area contributed by atoms with E-state index >= 15 is 0 Å². The van der Waals surface area contributed by atoms with Gasteiger partial charge in [0.05, 0.1) is 6.08 Å². The number of hydrogen-bond donors (Lipinski definition) is 1. The maximum atomic E-state index is 9.09. The van der Waals surface area contributed by atoms with Gasteiger partial charge in [0, 0.05) is 18.4 Å². The molecule has 4 rings (SSSR count). The normalized spacial score (nSPS) is 10.5. The number of alkyl halides is 1. The van der Waals surface area contributed by atoms with Crippen LogP contribution in [0.3, 0.4) is 0 Å². The van der Waals surface area contributed by atoms with Crippen LogP contribution in [0.5, 0.6) is 5.75 Å². The Bertz CT molecular complexity index is 1030. The molecule has 0 atom stereocenters. The summed E-state index contributed by atoms with van der Waals surface area (Å²) in [6.45, 7) is 4.78. The summed E-state index contributed by atoms with van der Waals surface area (Å²) < 4.78 is 5.81. The Labute approximate surface area is 265 Å². The van der Waals surface area contributed by atoms with Crippen LogP contribution >= 0.6 is 11.6 Å². The molecule has 186 valence electrons. The summed E-state index contributed by atoms with van der Waals surface area (Å²) in [7, 11) is 0. The van der Waals surface area contributed by atoms with Crippen LogP contribution in [0.15, 0.2) is 114 Å². The third-order valence-electron chi connectivity index (χ3n) is 4.89. The molecule has 3 aromatic carbocycles. The van der Waals surface area contributed by atoms with Gasteiger partial charge in [0.1, 0.15) is 30.1 Å². The first-order chi connectivity index (χ1) is 16.2. The molecule has 0 amide bonds. The third-order valence-corrected chi connectivity index (χ3v) is 5.20. The van der Waals surface area contributed by atoms with Crippen molar-refractivity contribution in [1.82, 2.24) is 0 Å². The van der Waals surface area contributed by atoms with Crippen LogP contribution in [0.25, 0.3) is 0 Å². The summed E-state index contributed by atoms with van der Waals surface area (Å²) in [6.07, 6.45) is 9.92. The molecule has 0 unspecified atom stereocenters. The molecule has 0 spiro atoms. The van der Waals surface area contributed by atoms with Crippen LogP contribution in [0, 0.1) is 6.08 Å². The van der Waals surface area contributed by atoms with E-state index in [9.17, 15) is 0 Å². The van der Waals surface area contributed by atoms with Crippen molar-refractivity contribution in [3.05, 3.63) is 137 Å². The summed E-state index contributed by atoms with van der Waals surface area (Å²) in [6, 6.07) is 28.4. The molecular formula is C31H37ClKO3+. The van der Waals surface area contributed by atoms with Crippen molar-refractivity contribution in [3.8, 4) is 5.75 Å². The average molecular weight is 532 g/mol. The minimum absolute atomic E-state index is 0. The number of aryl methyl sites for hydroxylation is 1. The van der Waals surface area contributed by atoms with Crippen LogP contribution in [-0.4, -0.2) is 10.6 Å². The number of halogens is 1. The predicted octanol–water partition coefficient (Wildman–Crippen LogP) is 5.85. The van der Waals surface area contributed by atoms with Gasteiger partial charge in [-0.05, 0) is 36.1 Å². The molecule has 0 saturated heterocycles. The van der Waals surface area contributed by atoms with Crippen molar-refractivity contribution in [3.63, 3.8) is 0 Å². The van der Waals surface area contributed by atoms with E-state index in [0.717, 1.165) is 24.2 Å². The number of allylic oxidation sites excluding steroid dienone is 5. The summed E-state index contributed by atoms with van der Waals surface area (Å²) >= 11 is 5.53. The van der Waals surface area contributed by atoms with Crippen molar-refractivity contribution >= 4 is 11.6 Å². The monoisotopic (exact) mass is 531 g/mol. The van der Waals surface area contributed by atoms with Gasteiger partial charge in [0.15, 0.2) is 0 Å². The van der Waals surface area contributed by atoms with E-state index in [1.807, 2.05) is 73.7 Å². The summed E-state index contributed by atoms with van der Waals surface area (Å²) in [5.41, 5.74) is 4.60. The molecule has 2 N–H and O–H groups in total. The SMILES string of the molecule is C.CCC1=C(O)C=C[C+]=C1.CCc1ccccc1OCc1ccccc1.ClCc1ccccc1.[K+].[OH-]. The molecule has 1 aliphatic carbocycles. The van der Waals surface area contributed by atoms with E-state index in [4.69, 9.17) is 21.4 Å². The molecule has 0 fully saturated rings. The molecule has 3 aromatic rings. The average Bonchev–Trinajstić information content (AvgIpc) is 2.90. The van der Waals surface area contributed by atoms with Crippen LogP contribution < -0.4 is 56.1 Å². The van der Waals surface area contributed by atoms with E-state index in [1.54, 1.807) is 18.2 Å². The van der Waals surface area contributed by atoms with Gasteiger partial charge < -0.3 is 15.3 Å². The summed E-state index contributed by atoms with van der Waals surface area (Å²) in [5.74, 6) is 1.98. The van der Waals surface area contributed by atoms with Crippen molar-refractivity contribution in [2.45, 2.75) is 46.6 Å². The number of ether oxygens (including phenoxy) is 1. The zero-order valence-electron chi connectivity index (χ0n) is 20.8. The van der Waals surface area contributed by atoms with E-state index < -0.39 is 0 Å². The van der Waals surface area contributed by atoms with Crippen LogP contribution in [0.1, 0.15) is 44.4 Å². The standard InChI is InChI=1S/C15H16O.C8H8O.C7H7Cl.CH4.K.H2O/c1-2-14-10-6-7-11-15(14)16-12-13-8-4-3-5-9-13;1-2-7-5-3-4-6-8(7)9;8-6-7-4-2-1-3-5-7;;;/h3-11H,2,12H2,1H3;4-6H,2H2,1H3;1-5H,6H2;1H4;;1H2/q;;;;+1;. The van der Waals surface area contributed by atoms with E-state index in [0.29, 0.717) is 18.2 Å². The predicted molar refractivity (Wildman–Crippen MR) is 148 cm³/mol. The van der Waals surface area contributed by atoms with Crippen LogP contribution in [0.4, 0.5) is 0 Å². The van der Waals surface area contributed by atoms with E-state index in [1.165, 1.54) is 16.7 Å². The number of hydrogen-bond acceptors (Lipinski definition) is 3. The van der Waals surface area contributed by atoms with Crippen LogP contribution in [-0.2, 0) is 18.9 Å². The first kappa shape index (κ1) is 36.4. The molecule has 0 aromatic heterocycles. The first-order valence-corrected chi connectivity index (χ1v) is 11.7. The third kappa shape index (κ3) is 14.1. The van der Waals surface area contributed by atoms with Gasteiger partial charge in [-0.2, -0.15) is 0 Å². The van der Waals surface area contributed by atoms with Gasteiger partial charge in [0.25, 0.3) is 0 Å². The fourth-order valence-corrected chi connectivity index (χ4v) is 3.16. The maximum absolute atomic E-state index is 9.09. The Kier molecular flexibility index (Phi) is 22.7. The van der Waals surface area contributed by atoms with Crippen molar-refractivity contribution in [1.29, 1.82) is 0 Å². The second kappa shape index (κ2) is 22.5. The zero-order chi connectivity index (χ0) is 23.7. The van der Waals surface area contributed by atoms with Crippen molar-refractivity contribution < 1.29 is 66.7 Å². The molecule has 1 aliphatic rings. The van der Waals surface area contributed by atoms with E-state index in [-0.39, 0.29) is 64.3 Å². The first-order valence-electron chi connectivity index (χ1n) is 11.2. The molecule has 3 nitrogen and oxygen atoms in total. The maximum Gasteiger partial charge on any atom is 1.00 e. The van der Waals surface area contributed by atoms with Gasteiger partial charge in [0.2, 0.25) is 5.76 Å². The molecule has 0 aliphatic heterocycles. The van der Waals surface area contributed by atoms with Gasteiger partial charge >= 0.3 is 51.4 Å². The zero-order valence-corrected chi connectivity index (χ0v) is 24.7. The molecule has 36 heavy (non-hydrogen) atoms. The topological polar surface area (TPSA) is 59.5 Å². The quantitative estimate of drug-likeness (QED) is 0.246. The molecule has 0 radical (unpaired) electrons. The van der Waals surface area contributed by atoms with Gasteiger partial charge in [-0.1, -0.05) is 93.2 Å². The Morgan fingerprint density at radius 1 is 0.806 bits per heavy atom. The summed E-state index contributed by atoms with van der Waals surface area (Å²) in [4.78, 5) is 0. The van der Waals surface area contributed by atoms with Crippen molar-refractivity contribution in [2.75, 3.05) is 0 Å². The number of aliphatic hydroxyl groups excluding tert-OH is 1. The minimum Gasteiger partial charge on any atom is -0.870 e. The molecule has 0 saturated carbocycles. The van der Waals surface area contributed by atoms with E-state index in [2.05, 4.69) is 31.2 Å². The number of benzene rings is 3. The molecule has 5 heteroatoms. The Morgan fingerprint density at radius 2 is 1.36 bits per heavy atom. The Hall–Kier alpha value is -1.72. The van der Waals surface area contributed by atoms with Gasteiger partial charge in [-0.15, -0.1) is 11.6 Å². The van der Waals surface area contributed by atoms with Gasteiger partial charge in [-0.25, -0.2) is 0 Å². The van der Waals surface area contributed by atoms with Gasteiger partial charge in [-0.3, -0.25) is 0 Å². The number of aliphatic hydroxyl groups is 1. The largest absolute Gasteiger partial charge is 1.00 e. The number of para-hydroxylation sites is 1. The second-order valence-electron chi connectivity index (χ2n) is 7.26. The molecule has 0 bridgehead atoms. The van der Waals surface area contributed by atoms with Crippen LogP contribution in [0.2, 0.25) is 0 Å². The minimum atomic E-state index is 0. The molecule has 0 heterocycles. The fourth-order valence-electron chi connectivity index (χ4n) is 2.98. The number of rotatable bonds is 6. The molecular weight excluding hydrogens is 495 g/mol. The smallest absolute Gasteiger partial charge is 0.870 e. The fraction of sp³-hybridized carbons (Fsp3) is 0.226.